The van der Waals surface area contributed by atoms with Gasteiger partial charge in [-0.15, -0.1) is 13.2 Å². The lowest BCUT2D eigenvalue weighted by atomic mass is 10.0. The maximum Gasteiger partial charge on any atom is 0.573 e. The number of carboxylic acids is 1. The van der Waals surface area contributed by atoms with Crippen molar-refractivity contribution in [1.29, 1.82) is 0 Å². The number of nitrogens with zero attached hydrogens (tertiary/aromatic N) is 1. The van der Waals surface area contributed by atoms with E-state index in [1.54, 1.807) is 0 Å². The van der Waals surface area contributed by atoms with E-state index in [0.717, 1.165) is 18.3 Å². The molecule has 0 aliphatic rings. The molecule has 0 aliphatic heterocycles. The lowest BCUT2D eigenvalue weighted by Crippen LogP contribution is -2.17. The third-order valence-electron chi connectivity index (χ3n) is 2.48. The minimum Gasteiger partial charge on any atom is -0.478 e. The van der Waals surface area contributed by atoms with Gasteiger partial charge in [0.05, 0.1) is 5.56 Å². The fourth-order valence-electron chi connectivity index (χ4n) is 1.70. The van der Waals surface area contributed by atoms with Gasteiger partial charge in [-0.25, -0.2) is 9.78 Å². The summed E-state index contributed by atoms with van der Waals surface area (Å²) in [6.07, 6.45) is -3.93. The highest BCUT2D eigenvalue weighted by Gasteiger charge is 2.31. The maximum absolute atomic E-state index is 13.0. The summed E-state index contributed by atoms with van der Waals surface area (Å²) in [7, 11) is 0. The van der Waals surface area contributed by atoms with E-state index in [4.69, 9.17) is 5.11 Å². The zero-order chi connectivity index (χ0) is 15.6. The summed E-state index contributed by atoms with van der Waals surface area (Å²) >= 11 is 0. The predicted octanol–water partition coefficient (Wildman–Crippen LogP) is 3.48. The van der Waals surface area contributed by atoms with Crippen LogP contribution >= 0.6 is 0 Å². The van der Waals surface area contributed by atoms with Crippen molar-refractivity contribution in [2.24, 2.45) is 0 Å². The van der Waals surface area contributed by atoms with Gasteiger partial charge in [-0.1, -0.05) is 12.1 Å². The van der Waals surface area contributed by atoms with Gasteiger partial charge in [0.1, 0.15) is 5.75 Å². The molecule has 21 heavy (non-hydrogen) atoms. The zero-order valence-corrected chi connectivity index (χ0v) is 10.2. The Bertz CT molecular complexity index is 685. The van der Waals surface area contributed by atoms with Crippen LogP contribution in [0.3, 0.4) is 0 Å². The molecular formula is C13H7F4NO3. The Morgan fingerprint density at radius 1 is 1.24 bits per heavy atom. The molecule has 0 aliphatic carbocycles. The van der Waals surface area contributed by atoms with Crippen molar-refractivity contribution in [3.8, 4) is 16.9 Å². The molecule has 0 saturated carbocycles. The van der Waals surface area contributed by atoms with Gasteiger partial charge in [0, 0.05) is 17.8 Å². The molecule has 0 bridgehead atoms. The van der Waals surface area contributed by atoms with Crippen LogP contribution in [0.4, 0.5) is 17.6 Å². The molecular weight excluding hydrogens is 294 g/mol. The maximum atomic E-state index is 13.0. The van der Waals surface area contributed by atoms with Crippen LogP contribution in [-0.4, -0.2) is 22.4 Å². The van der Waals surface area contributed by atoms with E-state index in [-0.39, 0.29) is 11.1 Å². The van der Waals surface area contributed by atoms with Crippen LogP contribution in [-0.2, 0) is 0 Å². The number of halogens is 4. The fourth-order valence-corrected chi connectivity index (χ4v) is 1.70. The SMILES string of the molecule is O=C(O)c1cc(F)ncc1-c1cccc(OC(F)(F)F)c1. The number of aromatic nitrogens is 1. The minimum atomic E-state index is -4.87. The third kappa shape index (κ3) is 3.68. The molecule has 8 heteroatoms. The number of carbonyl (C=O) groups is 1. The zero-order valence-electron chi connectivity index (χ0n) is 10.2. The molecule has 0 amide bonds. The molecule has 1 N–H and O–H groups in total. The number of carboxylic acid groups (broad SMARTS) is 1. The molecule has 110 valence electrons. The van der Waals surface area contributed by atoms with Crippen molar-refractivity contribution in [3.63, 3.8) is 0 Å². The van der Waals surface area contributed by atoms with Crippen LogP contribution in [0.2, 0.25) is 0 Å². The minimum absolute atomic E-state index is 0.0171. The highest BCUT2D eigenvalue weighted by atomic mass is 19.4. The van der Waals surface area contributed by atoms with Crippen molar-refractivity contribution >= 4 is 5.97 Å². The molecule has 0 spiro atoms. The number of benzene rings is 1. The second-order valence-electron chi connectivity index (χ2n) is 3.93. The lowest BCUT2D eigenvalue weighted by Gasteiger charge is -2.11. The molecule has 1 heterocycles. The number of hydrogen-bond acceptors (Lipinski definition) is 3. The summed E-state index contributed by atoms with van der Waals surface area (Å²) in [4.78, 5) is 14.4. The van der Waals surface area contributed by atoms with Crippen LogP contribution in [0.15, 0.2) is 36.5 Å². The van der Waals surface area contributed by atoms with Crippen molar-refractivity contribution in [2.45, 2.75) is 6.36 Å². The number of alkyl halides is 3. The van der Waals surface area contributed by atoms with Crippen LogP contribution in [0.25, 0.3) is 11.1 Å². The highest BCUT2D eigenvalue weighted by Crippen LogP contribution is 2.29. The second kappa shape index (κ2) is 5.39. The quantitative estimate of drug-likeness (QED) is 0.696. The monoisotopic (exact) mass is 301 g/mol. The lowest BCUT2D eigenvalue weighted by molar-refractivity contribution is -0.274. The Balaban J connectivity index is 2.48. The standard InChI is InChI=1S/C13H7F4NO3/c14-11-5-9(12(19)20)10(6-18-11)7-2-1-3-8(4-7)21-13(15,16)17/h1-6H,(H,19,20). The fraction of sp³-hybridized carbons (Fsp3) is 0.0769. The van der Waals surface area contributed by atoms with Gasteiger partial charge >= 0.3 is 12.3 Å². The Morgan fingerprint density at radius 2 is 1.95 bits per heavy atom. The van der Waals surface area contributed by atoms with Gasteiger partial charge in [0.2, 0.25) is 5.95 Å². The molecule has 0 atom stereocenters. The Labute approximate surface area is 115 Å². The Kier molecular flexibility index (Phi) is 3.79. The van der Waals surface area contributed by atoms with Crippen LogP contribution < -0.4 is 4.74 Å². The smallest absolute Gasteiger partial charge is 0.478 e. The molecule has 2 aromatic rings. The first-order valence-corrected chi connectivity index (χ1v) is 5.51. The Hall–Kier alpha value is -2.64. The van der Waals surface area contributed by atoms with E-state index in [1.165, 1.54) is 12.1 Å². The normalized spacial score (nSPS) is 11.2. The average molecular weight is 301 g/mol. The van der Waals surface area contributed by atoms with E-state index in [1.807, 2.05) is 0 Å². The van der Waals surface area contributed by atoms with Crippen LogP contribution in [0.1, 0.15) is 10.4 Å². The largest absolute Gasteiger partial charge is 0.573 e. The summed E-state index contributed by atoms with van der Waals surface area (Å²) in [5, 5.41) is 9.00. The summed E-state index contributed by atoms with van der Waals surface area (Å²) in [6.45, 7) is 0. The first-order valence-electron chi connectivity index (χ1n) is 5.51. The molecule has 0 saturated heterocycles. The van der Waals surface area contributed by atoms with E-state index in [9.17, 15) is 22.4 Å². The average Bonchev–Trinajstić information content (AvgIpc) is 2.36. The molecule has 4 nitrogen and oxygen atoms in total. The summed E-state index contributed by atoms with van der Waals surface area (Å²) in [6, 6.07) is 5.37. The molecule has 1 aromatic carbocycles. The summed E-state index contributed by atoms with van der Waals surface area (Å²) in [5.41, 5.74) is -0.315. The second-order valence-corrected chi connectivity index (χ2v) is 3.93. The van der Waals surface area contributed by atoms with Gasteiger partial charge in [0.25, 0.3) is 0 Å². The van der Waals surface area contributed by atoms with Crippen molar-refractivity contribution in [2.75, 3.05) is 0 Å². The highest BCUT2D eigenvalue weighted by molar-refractivity contribution is 5.95. The van der Waals surface area contributed by atoms with Crippen LogP contribution in [0, 0.1) is 5.95 Å². The first-order chi connectivity index (χ1) is 9.76. The number of rotatable bonds is 3. The summed E-state index contributed by atoms with van der Waals surface area (Å²) < 4.78 is 53.2. The van der Waals surface area contributed by atoms with E-state index < -0.39 is 29.6 Å². The van der Waals surface area contributed by atoms with E-state index in [2.05, 4.69) is 9.72 Å². The molecule has 0 fully saturated rings. The van der Waals surface area contributed by atoms with E-state index >= 15 is 0 Å². The number of aromatic carboxylic acids is 1. The van der Waals surface area contributed by atoms with Gasteiger partial charge in [-0.3, -0.25) is 0 Å². The van der Waals surface area contributed by atoms with Crippen molar-refractivity contribution < 1.29 is 32.2 Å². The van der Waals surface area contributed by atoms with Crippen LogP contribution in [0.5, 0.6) is 5.75 Å². The van der Waals surface area contributed by atoms with Gasteiger partial charge < -0.3 is 9.84 Å². The topological polar surface area (TPSA) is 59.4 Å². The number of hydrogen-bond donors (Lipinski definition) is 1. The predicted molar refractivity (Wildman–Crippen MR) is 63.3 cm³/mol. The van der Waals surface area contributed by atoms with Crippen molar-refractivity contribution in [1.82, 2.24) is 4.98 Å². The Morgan fingerprint density at radius 3 is 2.57 bits per heavy atom. The number of pyridine rings is 1. The van der Waals surface area contributed by atoms with E-state index in [0.29, 0.717) is 6.07 Å². The first kappa shape index (κ1) is 14.8. The van der Waals surface area contributed by atoms with Gasteiger partial charge in [-0.2, -0.15) is 4.39 Å². The number of ether oxygens (including phenoxy) is 1. The van der Waals surface area contributed by atoms with Gasteiger partial charge in [-0.05, 0) is 17.7 Å². The van der Waals surface area contributed by atoms with Crippen molar-refractivity contribution in [3.05, 3.63) is 48.0 Å². The summed E-state index contributed by atoms with van der Waals surface area (Å²) in [5.74, 6) is -2.94. The van der Waals surface area contributed by atoms with Gasteiger partial charge in [0.15, 0.2) is 0 Å². The molecule has 0 radical (unpaired) electrons. The molecule has 1 aromatic heterocycles. The molecule has 0 unspecified atom stereocenters. The molecule has 2 rings (SSSR count). The third-order valence-corrected chi connectivity index (χ3v) is 2.48.